The number of aromatic nitrogens is 1. The van der Waals surface area contributed by atoms with Crippen molar-refractivity contribution in [3.8, 4) is 11.6 Å². The molecule has 1 N–H and O–H groups in total. The van der Waals surface area contributed by atoms with Crippen molar-refractivity contribution >= 4 is 23.2 Å². The molecular weight excluding hydrogens is 283 g/mol. The van der Waals surface area contributed by atoms with E-state index in [-0.39, 0.29) is 0 Å². The van der Waals surface area contributed by atoms with Crippen molar-refractivity contribution in [2.45, 2.75) is 13.5 Å². The molecule has 1 aromatic heterocycles. The van der Waals surface area contributed by atoms with Crippen LogP contribution in [-0.2, 0) is 6.54 Å². The monoisotopic (exact) mass is 296 g/mol. The lowest BCUT2D eigenvalue weighted by Crippen LogP contribution is -2.06. The van der Waals surface area contributed by atoms with Gasteiger partial charge in [0.15, 0.2) is 0 Å². The van der Waals surface area contributed by atoms with E-state index >= 15 is 0 Å². The Kier molecular flexibility index (Phi) is 4.64. The summed E-state index contributed by atoms with van der Waals surface area (Å²) in [5.41, 5.74) is 1.90. The largest absolute Gasteiger partial charge is 0.439 e. The van der Waals surface area contributed by atoms with E-state index in [1.807, 2.05) is 32.2 Å². The van der Waals surface area contributed by atoms with Gasteiger partial charge in [0.25, 0.3) is 0 Å². The van der Waals surface area contributed by atoms with Crippen LogP contribution < -0.4 is 10.1 Å². The van der Waals surface area contributed by atoms with E-state index in [1.54, 1.807) is 12.3 Å². The molecule has 0 amide bonds. The Labute approximate surface area is 122 Å². The average Bonchev–Trinajstić information content (AvgIpc) is 2.37. The number of hydrogen-bond acceptors (Lipinski definition) is 3. The summed E-state index contributed by atoms with van der Waals surface area (Å²) in [4.78, 5) is 4.17. The van der Waals surface area contributed by atoms with E-state index in [9.17, 15) is 0 Å². The Hall–Kier alpha value is -1.29. The number of benzene rings is 1. The minimum atomic E-state index is 0.514. The van der Waals surface area contributed by atoms with Crippen molar-refractivity contribution in [1.82, 2.24) is 10.3 Å². The molecule has 0 unspecified atom stereocenters. The summed E-state index contributed by atoms with van der Waals surface area (Å²) in [5.74, 6) is 1.25. The molecule has 0 aliphatic carbocycles. The van der Waals surface area contributed by atoms with E-state index in [2.05, 4.69) is 10.3 Å². The molecule has 1 heterocycles. The Morgan fingerprint density at radius 3 is 2.74 bits per heavy atom. The number of ether oxygens (including phenoxy) is 1. The molecule has 0 spiro atoms. The fraction of sp³-hybridized carbons (Fsp3) is 0.214. The number of pyridine rings is 1. The first-order valence-corrected chi connectivity index (χ1v) is 6.59. The van der Waals surface area contributed by atoms with Crippen LogP contribution in [0.3, 0.4) is 0 Å². The van der Waals surface area contributed by atoms with Crippen molar-refractivity contribution < 1.29 is 4.74 Å². The van der Waals surface area contributed by atoms with Crippen LogP contribution in [0.4, 0.5) is 0 Å². The molecule has 0 fully saturated rings. The van der Waals surface area contributed by atoms with Gasteiger partial charge in [0, 0.05) is 23.8 Å². The Morgan fingerprint density at radius 1 is 1.26 bits per heavy atom. The van der Waals surface area contributed by atoms with Crippen molar-refractivity contribution in [1.29, 1.82) is 0 Å². The SMILES string of the molecule is CNCc1cc(Oc2ccc(Cl)cc2C)ncc1Cl. The maximum Gasteiger partial charge on any atom is 0.219 e. The lowest BCUT2D eigenvalue weighted by molar-refractivity contribution is 0.458. The molecule has 100 valence electrons. The van der Waals surface area contributed by atoms with Gasteiger partial charge in [0.1, 0.15) is 5.75 Å². The van der Waals surface area contributed by atoms with E-state index in [0.717, 1.165) is 16.9 Å². The number of rotatable bonds is 4. The second-order valence-electron chi connectivity index (χ2n) is 4.16. The normalized spacial score (nSPS) is 10.5. The van der Waals surface area contributed by atoms with Crippen molar-refractivity contribution in [3.05, 3.63) is 51.6 Å². The van der Waals surface area contributed by atoms with Crippen molar-refractivity contribution in [2.24, 2.45) is 0 Å². The molecule has 1 aromatic carbocycles. The van der Waals surface area contributed by atoms with Crippen LogP contribution in [0.1, 0.15) is 11.1 Å². The highest BCUT2D eigenvalue weighted by molar-refractivity contribution is 6.31. The first kappa shape index (κ1) is 14.1. The minimum absolute atomic E-state index is 0.514. The topological polar surface area (TPSA) is 34.1 Å². The second kappa shape index (κ2) is 6.24. The Morgan fingerprint density at radius 2 is 2.05 bits per heavy atom. The van der Waals surface area contributed by atoms with Crippen molar-refractivity contribution in [3.63, 3.8) is 0 Å². The third-order valence-corrected chi connectivity index (χ3v) is 3.20. The molecule has 0 bridgehead atoms. The molecule has 3 nitrogen and oxygen atoms in total. The summed E-state index contributed by atoms with van der Waals surface area (Å²) in [6.07, 6.45) is 1.59. The second-order valence-corrected chi connectivity index (χ2v) is 5.00. The van der Waals surface area contributed by atoms with Gasteiger partial charge in [-0.25, -0.2) is 4.98 Å². The Bertz CT molecular complexity index is 588. The third-order valence-electron chi connectivity index (χ3n) is 2.63. The maximum absolute atomic E-state index is 6.05. The molecule has 0 radical (unpaired) electrons. The van der Waals surface area contributed by atoms with E-state index in [1.165, 1.54) is 0 Å². The zero-order chi connectivity index (χ0) is 13.8. The van der Waals surface area contributed by atoms with Gasteiger partial charge < -0.3 is 10.1 Å². The summed E-state index contributed by atoms with van der Waals surface area (Å²) >= 11 is 12.0. The molecule has 0 saturated carbocycles. The zero-order valence-corrected chi connectivity index (χ0v) is 12.2. The molecule has 19 heavy (non-hydrogen) atoms. The van der Waals surface area contributed by atoms with Gasteiger partial charge in [0.2, 0.25) is 5.88 Å². The van der Waals surface area contributed by atoms with Gasteiger partial charge in [0.05, 0.1) is 5.02 Å². The third kappa shape index (κ3) is 3.60. The molecule has 0 aliphatic rings. The summed E-state index contributed by atoms with van der Waals surface area (Å²) in [6.45, 7) is 2.60. The van der Waals surface area contributed by atoms with Gasteiger partial charge in [-0.05, 0) is 43.3 Å². The standard InChI is InChI=1S/C14H14Cl2N2O/c1-9-5-11(15)3-4-13(9)19-14-6-10(7-17-2)12(16)8-18-14/h3-6,8,17H,7H2,1-2H3. The van der Waals surface area contributed by atoms with Crippen LogP contribution in [0.15, 0.2) is 30.5 Å². The highest BCUT2D eigenvalue weighted by Gasteiger charge is 2.06. The van der Waals surface area contributed by atoms with Gasteiger partial charge in [-0.3, -0.25) is 0 Å². The highest BCUT2D eigenvalue weighted by Crippen LogP contribution is 2.28. The van der Waals surface area contributed by atoms with Gasteiger partial charge in [-0.1, -0.05) is 23.2 Å². The zero-order valence-electron chi connectivity index (χ0n) is 10.7. The predicted octanol–water partition coefficient (Wildman–Crippen LogP) is 4.21. The first-order valence-electron chi connectivity index (χ1n) is 5.83. The van der Waals surface area contributed by atoms with Crippen LogP contribution in [0, 0.1) is 6.92 Å². The summed E-state index contributed by atoms with van der Waals surface area (Å²) in [7, 11) is 1.86. The Balaban J connectivity index is 2.25. The van der Waals surface area contributed by atoms with Gasteiger partial charge in [-0.2, -0.15) is 0 Å². The van der Waals surface area contributed by atoms with Crippen LogP contribution in [-0.4, -0.2) is 12.0 Å². The van der Waals surface area contributed by atoms with Crippen LogP contribution in [0.2, 0.25) is 10.0 Å². The fourth-order valence-corrected chi connectivity index (χ4v) is 2.08. The van der Waals surface area contributed by atoms with E-state index in [0.29, 0.717) is 22.5 Å². The molecule has 0 atom stereocenters. The summed E-state index contributed by atoms with van der Waals surface area (Å²) in [6, 6.07) is 7.29. The lowest BCUT2D eigenvalue weighted by Gasteiger charge is -2.10. The highest BCUT2D eigenvalue weighted by atomic mass is 35.5. The number of nitrogens with zero attached hydrogens (tertiary/aromatic N) is 1. The first-order chi connectivity index (χ1) is 9.10. The summed E-state index contributed by atoms with van der Waals surface area (Å²) in [5, 5.41) is 4.35. The summed E-state index contributed by atoms with van der Waals surface area (Å²) < 4.78 is 5.75. The quantitative estimate of drug-likeness (QED) is 0.918. The van der Waals surface area contributed by atoms with Crippen LogP contribution in [0.5, 0.6) is 11.6 Å². The lowest BCUT2D eigenvalue weighted by atomic mass is 10.2. The maximum atomic E-state index is 6.05. The predicted molar refractivity (Wildman–Crippen MR) is 78.3 cm³/mol. The number of halogens is 2. The minimum Gasteiger partial charge on any atom is -0.439 e. The fourth-order valence-electron chi connectivity index (χ4n) is 1.68. The van der Waals surface area contributed by atoms with Crippen LogP contribution in [0.25, 0.3) is 0 Å². The molecule has 5 heteroatoms. The number of nitrogens with one attached hydrogen (secondary N) is 1. The van der Waals surface area contributed by atoms with E-state index in [4.69, 9.17) is 27.9 Å². The van der Waals surface area contributed by atoms with E-state index < -0.39 is 0 Å². The van der Waals surface area contributed by atoms with Crippen molar-refractivity contribution in [2.75, 3.05) is 7.05 Å². The smallest absolute Gasteiger partial charge is 0.219 e. The molecule has 0 saturated heterocycles. The van der Waals surface area contributed by atoms with Gasteiger partial charge in [-0.15, -0.1) is 0 Å². The molecule has 2 rings (SSSR count). The average molecular weight is 297 g/mol. The number of hydrogen-bond donors (Lipinski definition) is 1. The van der Waals surface area contributed by atoms with Gasteiger partial charge >= 0.3 is 0 Å². The molecular formula is C14H14Cl2N2O. The molecule has 0 aliphatic heterocycles. The van der Waals surface area contributed by atoms with Crippen LogP contribution >= 0.6 is 23.2 Å². The number of aryl methyl sites for hydroxylation is 1. The molecule has 2 aromatic rings.